The lowest BCUT2D eigenvalue weighted by Crippen LogP contribution is -2.14. The van der Waals surface area contributed by atoms with E-state index in [1.54, 1.807) is 6.20 Å². The van der Waals surface area contributed by atoms with E-state index in [-0.39, 0.29) is 11.7 Å². The van der Waals surface area contributed by atoms with Gasteiger partial charge in [-0.25, -0.2) is 4.98 Å². The maximum absolute atomic E-state index is 12.6. The van der Waals surface area contributed by atoms with Gasteiger partial charge in [0.25, 0.3) is 5.91 Å². The number of nitrogens with one attached hydrogen (secondary N) is 1. The zero-order chi connectivity index (χ0) is 16.2. The number of ether oxygens (including phenoxy) is 1. The van der Waals surface area contributed by atoms with Crippen molar-refractivity contribution in [3.8, 4) is 0 Å². The van der Waals surface area contributed by atoms with E-state index in [0.717, 1.165) is 16.5 Å². The Morgan fingerprint density at radius 1 is 1.30 bits per heavy atom. The molecule has 1 N–H and O–H groups in total. The van der Waals surface area contributed by atoms with Crippen LogP contribution in [0.3, 0.4) is 0 Å². The maximum atomic E-state index is 12.6. The SMILES string of the molecule is CCOCc1c(C(=O)Nc2cc(C)ccn2)oc2ccccc12. The number of benzene rings is 1. The second-order valence-corrected chi connectivity index (χ2v) is 5.22. The first kappa shape index (κ1) is 15.2. The van der Waals surface area contributed by atoms with Gasteiger partial charge in [0.05, 0.1) is 6.61 Å². The van der Waals surface area contributed by atoms with Gasteiger partial charge in [-0.05, 0) is 37.6 Å². The number of carbonyl (C=O) groups is 1. The second-order valence-electron chi connectivity index (χ2n) is 5.22. The van der Waals surface area contributed by atoms with Crippen LogP contribution in [0.4, 0.5) is 5.82 Å². The Morgan fingerprint density at radius 3 is 2.91 bits per heavy atom. The average Bonchev–Trinajstić information content (AvgIpc) is 2.91. The van der Waals surface area contributed by atoms with Crippen molar-refractivity contribution in [3.63, 3.8) is 0 Å². The van der Waals surface area contributed by atoms with Crippen LogP contribution in [0, 0.1) is 6.92 Å². The highest BCUT2D eigenvalue weighted by Crippen LogP contribution is 2.27. The van der Waals surface area contributed by atoms with Crippen molar-refractivity contribution in [2.75, 3.05) is 11.9 Å². The van der Waals surface area contributed by atoms with Crippen LogP contribution in [0.5, 0.6) is 0 Å². The maximum Gasteiger partial charge on any atom is 0.292 e. The summed E-state index contributed by atoms with van der Waals surface area (Å²) in [4.78, 5) is 16.7. The van der Waals surface area contributed by atoms with Crippen molar-refractivity contribution in [2.45, 2.75) is 20.5 Å². The smallest absolute Gasteiger partial charge is 0.292 e. The first-order valence-electron chi connectivity index (χ1n) is 7.51. The molecular formula is C18H18N2O3. The molecule has 5 nitrogen and oxygen atoms in total. The number of aryl methyl sites for hydroxylation is 1. The van der Waals surface area contributed by atoms with Crippen molar-refractivity contribution < 1.29 is 13.9 Å². The van der Waals surface area contributed by atoms with Crippen LogP contribution in [0.1, 0.15) is 28.6 Å². The molecule has 0 aliphatic rings. The van der Waals surface area contributed by atoms with E-state index in [4.69, 9.17) is 9.15 Å². The third kappa shape index (κ3) is 3.24. The molecule has 2 heterocycles. The quantitative estimate of drug-likeness (QED) is 0.775. The molecule has 0 bridgehead atoms. The van der Waals surface area contributed by atoms with Gasteiger partial charge in [0.2, 0.25) is 0 Å². The molecule has 0 unspecified atom stereocenters. The molecule has 0 fully saturated rings. The molecule has 3 rings (SSSR count). The molecule has 1 amide bonds. The van der Waals surface area contributed by atoms with Gasteiger partial charge in [0, 0.05) is 23.8 Å². The summed E-state index contributed by atoms with van der Waals surface area (Å²) >= 11 is 0. The highest BCUT2D eigenvalue weighted by atomic mass is 16.5. The highest BCUT2D eigenvalue weighted by molar-refractivity contribution is 6.06. The van der Waals surface area contributed by atoms with Crippen molar-refractivity contribution >= 4 is 22.7 Å². The zero-order valence-corrected chi connectivity index (χ0v) is 13.1. The number of para-hydroxylation sites is 1. The Kier molecular flexibility index (Phi) is 4.39. The van der Waals surface area contributed by atoms with Gasteiger partial charge in [-0.15, -0.1) is 0 Å². The number of aromatic nitrogens is 1. The number of furan rings is 1. The van der Waals surface area contributed by atoms with Crippen LogP contribution < -0.4 is 5.32 Å². The largest absolute Gasteiger partial charge is 0.451 e. The molecule has 5 heteroatoms. The predicted octanol–water partition coefficient (Wildman–Crippen LogP) is 3.93. The number of fused-ring (bicyclic) bond motifs is 1. The molecule has 0 aliphatic heterocycles. The van der Waals surface area contributed by atoms with Gasteiger partial charge < -0.3 is 14.5 Å². The fourth-order valence-electron chi connectivity index (χ4n) is 2.41. The monoisotopic (exact) mass is 310 g/mol. The van der Waals surface area contributed by atoms with E-state index in [1.165, 1.54) is 0 Å². The van der Waals surface area contributed by atoms with E-state index >= 15 is 0 Å². The molecule has 0 saturated carbocycles. The summed E-state index contributed by atoms with van der Waals surface area (Å²) in [6.45, 7) is 4.76. The number of carbonyl (C=O) groups excluding carboxylic acids is 1. The number of hydrogen-bond donors (Lipinski definition) is 1. The Hall–Kier alpha value is -2.66. The number of rotatable bonds is 5. The van der Waals surface area contributed by atoms with Crippen LogP contribution in [-0.2, 0) is 11.3 Å². The lowest BCUT2D eigenvalue weighted by molar-refractivity contribution is 0.0984. The molecule has 0 radical (unpaired) electrons. The lowest BCUT2D eigenvalue weighted by Gasteiger charge is -2.05. The minimum Gasteiger partial charge on any atom is -0.451 e. The van der Waals surface area contributed by atoms with Gasteiger partial charge in [0.15, 0.2) is 5.76 Å². The third-order valence-electron chi connectivity index (χ3n) is 3.51. The molecule has 0 saturated heterocycles. The van der Waals surface area contributed by atoms with E-state index in [0.29, 0.717) is 24.6 Å². The van der Waals surface area contributed by atoms with Gasteiger partial charge in [-0.1, -0.05) is 18.2 Å². The van der Waals surface area contributed by atoms with Crippen LogP contribution in [0.25, 0.3) is 11.0 Å². The second kappa shape index (κ2) is 6.62. The Labute approximate surface area is 134 Å². The van der Waals surface area contributed by atoms with Crippen molar-refractivity contribution in [1.82, 2.24) is 4.98 Å². The molecule has 3 aromatic rings. The van der Waals surface area contributed by atoms with E-state index in [2.05, 4.69) is 10.3 Å². The minimum atomic E-state index is -0.325. The summed E-state index contributed by atoms with van der Waals surface area (Å²) in [6.07, 6.45) is 1.66. The fourth-order valence-corrected chi connectivity index (χ4v) is 2.41. The number of anilines is 1. The standard InChI is InChI=1S/C18H18N2O3/c1-3-22-11-14-13-6-4-5-7-15(13)23-17(14)18(21)20-16-10-12(2)8-9-19-16/h4-10H,3,11H2,1-2H3,(H,19,20,21). The van der Waals surface area contributed by atoms with Gasteiger partial charge in [-0.3, -0.25) is 4.79 Å². The summed E-state index contributed by atoms with van der Waals surface area (Å²) < 4.78 is 11.2. The normalized spacial score (nSPS) is 10.9. The van der Waals surface area contributed by atoms with Gasteiger partial charge in [0.1, 0.15) is 11.4 Å². The summed E-state index contributed by atoms with van der Waals surface area (Å²) in [5.41, 5.74) is 2.45. The molecule has 0 aliphatic carbocycles. The van der Waals surface area contributed by atoms with Crippen LogP contribution >= 0.6 is 0 Å². The van der Waals surface area contributed by atoms with Crippen molar-refractivity contribution in [1.29, 1.82) is 0 Å². The number of nitrogens with zero attached hydrogens (tertiary/aromatic N) is 1. The summed E-state index contributed by atoms with van der Waals surface area (Å²) in [5.74, 6) is 0.440. The molecule has 23 heavy (non-hydrogen) atoms. The Morgan fingerprint density at radius 2 is 2.13 bits per heavy atom. The van der Waals surface area contributed by atoms with Crippen molar-refractivity contribution in [3.05, 3.63) is 59.5 Å². The van der Waals surface area contributed by atoms with E-state index in [1.807, 2.05) is 50.2 Å². The lowest BCUT2D eigenvalue weighted by atomic mass is 10.1. The molecular weight excluding hydrogens is 292 g/mol. The molecule has 118 valence electrons. The topological polar surface area (TPSA) is 64.4 Å². The highest BCUT2D eigenvalue weighted by Gasteiger charge is 2.20. The molecule has 0 spiro atoms. The summed E-state index contributed by atoms with van der Waals surface area (Å²) in [6, 6.07) is 11.2. The number of hydrogen-bond acceptors (Lipinski definition) is 4. The zero-order valence-electron chi connectivity index (χ0n) is 13.1. The van der Waals surface area contributed by atoms with Crippen LogP contribution in [0.2, 0.25) is 0 Å². The van der Waals surface area contributed by atoms with E-state index < -0.39 is 0 Å². The number of amides is 1. The summed E-state index contributed by atoms with van der Waals surface area (Å²) in [7, 11) is 0. The molecule has 1 aromatic carbocycles. The third-order valence-corrected chi connectivity index (χ3v) is 3.51. The van der Waals surface area contributed by atoms with Crippen LogP contribution in [0.15, 0.2) is 47.0 Å². The Bertz CT molecular complexity index is 839. The fraction of sp³-hybridized carbons (Fsp3) is 0.222. The van der Waals surface area contributed by atoms with Crippen LogP contribution in [-0.4, -0.2) is 17.5 Å². The van der Waals surface area contributed by atoms with Gasteiger partial charge >= 0.3 is 0 Å². The average molecular weight is 310 g/mol. The number of pyridine rings is 1. The molecule has 2 aromatic heterocycles. The first-order chi connectivity index (χ1) is 11.2. The first-order valence-corrected chi connectivity index (χ1v) is 7.51. The predicted molar refractivity (Wildman–Crippen MR) is 88.5 cm³/mol. The molecule has 0 atom stereocenters. The van der Waals surface area contributed by atoms with E-state index in [9.17, 15) is 4.79 Å². The van der Waals surface area contributed by atoms with Crippen molar-refractivity contribution in [2.24, 2.45) is 0 Å². The van der Waals surface area contributed by atoms with Gasteiger partial charge in [-0.2, -0.15) is 0 Å². The summed E-state index contributed by atoms with van der Waals surface area (Å²) in [5, 5.41) is 3.67. The Balaban J connectivity index is 1.95. The minimum absolute atomic E-state index is 0.267.